The van der Waals surface area contributed by atoms with Crippen molar-refractivity contribution in [2.24, 2.45) is 0 Å². The molecule has 0 radical (unpaired) electrons. The second-order valence-electron chi connectivity index (χ2n) is 6.36. The molecule has 6 atom stereocenters. The van der Waals surface area contributed by atoms with Gasteiger partial charge in [0.2, 0.25) is 0 Å². The molecule has 1 fully saturated rings. The fraction of sp³-hybridized carbons (Fsp3) is 0.385. The Morgan fingerprint density at radius 1 is 1.09 bits per heavy atom. The summed E-state index contributed by atoms with van der Waals surface area (Å²) in [4.78, 5) is 71.6. The SMILES string of the molecule is O=C=COC=Cc1cn([C@@H]2O[C@H](COP(=O)(O)OP(=O)(O)OP(=O)(O)O)[C@@H](O)[C@H]2O)c(=O)[nH]c1=O. The molecule has 19 nitrogen and oxygen atoms in total. The number of nitrogens with one attached hydrogen (secondary N) is 1. The summed E-state index contributed by atoms with van der Waals surface area (Å²) in [6, 6.07) is 0. The highest BCUT2D eigenvalue weighted by Crippen LogP contribution is 2.66. The van der Waals surface area contributed by atoms with Gasteiger partial charge in [-0.2, -0.15) is 8.62 Å². The Kier molecular flexibility index (Phi) is 9.46. The van der Waals surface area contributed by atoms with Gasteiger partial charge in [-0.15, -0.1) is 0 Å². The number of ether oxygens (including phenoxy) is 2. The van der Waals surface area contributed by atoms with E-state index in [1.165, 1.54) is 5.94 Å². The molecule has 35 heavy (non-hydrogen) atoms. The van der Waals surface area contributed by atoms with Gasteiger partial charge in [0.15, 0.2) is 18.4 Å². The largest absolute Gasteiger partial charge is 0.490 e. The van der Waals surface area contributed by atoms with Gasteiger partial charge in [0, 0.05) is 6.20 Å². The van der Waals surface area contributed by atoms with E-state index in [4.69, 9.17) is 19.4 Å². The van der Waals surface area contributed by atoms with Gasteiger partial charge in [-0.05, 0) is 6.08 Å². The summed E-state index contributed by atoms with van der Waals surface area (Å²) >= 11 is 0. The zero-order valence-corrected chi connectivity index (χ0v) is 19.5. The molecule has 0 saturated carbocycles. The van der Waals surface area contributed by atoms with Crippen LogP contribution in [-0.2, 0) is 41.1 Å². The van der Waals surface area contributed by atoms with E-state index >= 15 is 0 Å². The van der Waals surface area contributed by atoms with Crippen LogP contribution < -0.4 is 11.2 Å². The Morgan fingerprint density at radius 2 is 1.74 bits per heavy atom. The molecular weight excluding hydrogens is 549 g/mol. The number of H-pyrrole nitrogens is 1. The third-order valence-electron chi connectivity index (χ3n) is 3.87. The second kappa shape index (κ2) is 11.3. The molecule has 22 heteroatoms. The molecule has 196 valence electrons. The van der Waals surface area contributed by atoms with Crippen molar-refractivity contribution in [2.75, 3.05) is 6.61 Å². The third kappa shape index (κ3) is 8.54. The Labute approximate surface area is 192 Å². The van der Waals surface area contributed by atoms with Crippen molar-refractivity contribution >= 4 is 35.5 Å². The minimum Gasteiger partial charge on any atom is -0.461 e. The first kappa shape index (κ1) is 29.2. The number of carbonyl (C=O) groups excluding carboxylic acids is 1. The van der Waals surface area contributed by atoms with Crippen molar-refractivity contribution in [1.82, 2.24) is 9.55 Å². The van der Waals surface area contributed by atoms with Crippen molar-refractivity contribution in [2.45, 2.75) is 24.5 Å². The number of rotatable bonds is 11. The summed E-state index contributed by atoms with van der Waals surface area (Å²) < 4.78 is 55.6. The maximum absolute atomic E-state index is 12.2. The Morgan fingerprint density at radius 3 is 2.34 bits per heavy atom. The number of hydrogen-bond donors (Lipinski definition) is 7. The molecule has 1 saturated heterocycles. The Balaban J connectivity index is 2.16. The van der Waals surface area contributed by atoms with Gasteiger partial charge >= 0.3 is 29.2 Å². The molecule has 1 aliphatic rings. The molecule has 1 aliphatic heterocycles. The maximum atomic E-state index is 12.2. The fourth-order valence-corrected chi connectivity index (χ4v) is 5.59. The minimum atomic E-state index is -5.79. The molecule has 2 rings (SSSR count). The first-order valence-electron chi connectivity index (χ1n) is 8.72. The summed E-state index contributed by atoms with van der Waals surface area (Å²) in [6.45, 7) is -1.12. The average Bonchev–Trinajstić information content (AvgIpc) is 2.97. The number of hydrogen-bond acceptors (Lipinski definition) is 13. The second-order valence-corrected chi connectivity index (χ2v) is 10.8. The molecule has 2 heterocycles. The highest BCUT2D eigenvalue weighted by atomic mass is 31.3. The summed E-state index contributed by atoms with van der Waals surface area (Å²) in [7, 11) is -17.0. The first-order chi connectivity index (χ1) is 16.1. The number of aromatic nitrogens is 2. The van der Waals surface area contributed by atoms with Gasteiger partial charge in [-0.25, -0.2) is 23.3 Å². The van der Waals surface area contributed by atoms with E-state index in [1.807, 2.05) is 4.98 Å². The maximum Gasteiger partial charge on any atom is 0.490 e. The van der Waals surface area contributed by atoms with E-state index in [0.29, 0.717) is 10.8 Å². The molecule has 0 spiro atoms. The summed E-state index contributed by atoms with van der Waals surface area (Å²) in [5, 5.41) is 20.4. The monoisotopic (exact) mass is 566 g/mol. The molecule has 0 aromatic carbocycles. The third-order valence-corrected chi connectivity index (χ3v) is 7.67. The van der Waals surface area contributed by atoms with E-state index in [-0.39, 0.29) is 5.56 Å². The minimum absolute atomic E-state index is 0.231. The number of nitrogens with zero attached hydrogens (tertiary/aromatic N) is 1. The average molecular weight is 566 g/mol. The lowest BCUT2D eigenvalue weighted by atomic mass is 10.1. The van der Waals surface area contributed by atoms with E-state index in [1.54, 1.807) is 0 Å². The van der Waals surface area contributed by atoms with Crippen LogP contribution in [0.4, 0.5) is 0 Å². The normalized spacial score (nSPS) is 26.1. The van der Waals surface area contributed by atoms with Crippen LogP contribution >= 0.6 is 23.5 Å². The van der Waals surface area contributed by atoms with Crippen LogP contribution in [0.25, 0.3) is 6.08 Å². The zero-order valence-electron chi connectivity index (χ0n) is 16.8. The summed E-state index contributed by atoms with van der Waals surface area (Å²) in [6.07, 6.45) is -3.71. The van der Waals surface area contributed by atoms with E-state index in [0.717, 1.165) is 18.5 Å². The van der Waals surface area contributed by atoms with Crippen LogP contribution in [-0.4, -0.2) is 70.2 Å². The standard InChI is InChI=1S/C13H17N2O17P3/c16-2-4-28-3-1-7-5-15(13(20)14-11(7)19)12-10(18)9(17)8(30-12)6-29-34(24,25)32-35(26,27)31-33(21,22)23/h1,3-5,8-10,12,17-18H,6H2,(H,24,25)(H,26,27)(H,14,19,20)(H2,21,22,23)/t8-,9-,10-,12-/m1/s1. The van der Waals surface area contributed by atoms with Crippen molar-refractivity contribution in [3.63, 3.8) is 0 Å². The molecule has 0 aliphatic carbocycles. The zero-order chi connectivity index (χ0) is 26.6. The number of aliphatic hydroxyl groups excluding tert-OH is 2. The Bertz CT molecular complexity index is 1260. The van der Waals surface area contributed by atoms with Crippen LogP contribution in [0.3, 0.4) is 0 Å². The molecule has 0 bridgehead atoms. The predicted octanol–water partition coefficient (Wildman–Crippen LogP) is -2.17. The smallest absolute Gasteiger partial charge is 0.461 e. The summed E-state index contributed by atoms with van der Waals surface area (Å²) in [5.41, 5.74) is -2.24. The van der Waals surface area contributed by atoms with E-state index < -0.39 is 65.9 Å². The lowest BCUT2D eigenvalue weighted by molar-refractivity contribution is -0.0542. The lowest BCUT2D eigenvalue weighted by Crippen LogP contribution is -2.38. The van der Waals surface area contributed by atoms with E-state index in [2.05, 4.69) is 17.9 Å². The summed E-state index contributed by atoms with van der Waals surface area (Å²) in [5.74, 6) is 1.29. The molecule has 7 N–H and O–H groups in total. The molecule has 2 unspecified atom stereocenters. The predicted molar refractivity (Wildman–Crippen MR) is 107 cm³/mol. The molecule has 1 aromatic heterocycles. The highest BCUT2D eigenvalue weighted by Gasteiger charge is 2.46. The van der Waals surface area contributed by atoms with Gasteiger partial charge in [0.1, 0.15) is 18.3 Å². The number of phosphoric acid groups is 3. The van der Waals surface area contributed by atoms with Crippen LogP contribution in [0, 0.1) is 0 Å². The quantitative estimate of drug-likeness (QED) is 0.0852. The Hall–Kier alpha value is -2.04. The number of aromatic amines is 1. The van der Waals surface area contributed by atoms with Gasteiger partial charge in [-0.3, -0.25) is 18.9 Å². The first-order valence-corrected chi connectivity index (χ1v) is 13.2. The van der Waals surface area contributed by atoms with Crippen LogP contribution in [0.2, 0.25) is 0 Å². The highest BCUT2D eigenvalue weighted by molar-refractivity contribution is 7.66. The van der Waals surface area contributed by atoms with Gasteiger partial charge in [0.25, 0.3) is 5.56 Å². The molecule has 0 amide bonds. The van der Waals surface area contributed by atoms with E-state index in [9.17, 15) is 43.2 Å². The van der Waals surface area contributed by atoms with Crippen LogP contribution in [0.5, 0.6) is 0 Å². The van der Waals surface area contributed by atoms with Gasteiger partial charge < -0.3 is 39.3 Å². The molecule has 1 aromatic rings. The lowest BCUT2D eigenvalue weighted by Gasteiger charge is -2.19. The van der Waals surface area contributed by atoms with Gasteiger partial charge in [0.05, 0.1) is 18.4 Å². The number of phosphoric ester groups is 1. The van der Waals surface area contributed by atoms with Crippen molar-refractivity contribution in [1.29, 1.82) is 0 Å². The topological polar surface area (TPSA) is 291 Å². The van der Waals surface area contributed by atoms with Crippen molar-refractivity contribution < 1.29 is 70.9 Å². The van der Waals surface area contributed by atoms with Crippen LogP contribution in [0.1, 0.15) is 11.8 Å². The van der Waals surface area contributed by atoms with Crippen LogP contribution in [0.15, 0.2) is 28.3 Å². The number of aliphatic hydroxyl groups is 2. The van der Waals surface area contributed by atoms with Crippen molar-refractivity contribution in [3.05, 3.63) is 45.1 Å². The van der Waals surface area contributed by atoms with Crippen molar-refractivity contribution in [3.8, 4) is 0 Å². The molecular formula is C13H17N2O17P3. The fourth-order valence-electron chi connectivity index (χ4n) is 2.56. The van der Waals surface area contributed by atoms with Gasteiger partial charge in [-0.1, -0.05) is 0 Å².